The van der Waals surface area contributed by atoms with Crippen LogP contribution in [0.2, 0.25) is 5.02 Å². The Morgan fingerprint density at radius 2 is 2.11 bits per heavy atom. The molecule has 3 rings (SSSR count). The normalized spacial score (nSPS) is 16.6. The Hall–Kier alpha value is -2.64. The van der Waals surface area contributed by atoms with E-state index >= 15 is 0 Å². The highest BCUT2D eigenvalue weighted by Crippen LogP contribution is 2.15. The van der Waals surface area contributed by atoms with Crippen molar-refractivity contribution in [1.29, 1.82) is 0 Å². The van der Waals surface area contributed by atoms with Crippen molar-refractivity contribution < 1.29 is 9.59 Å². The van der Waals surface area contributed by atoms with E-state index in [9.17, 15) is 9.59 Å². The lowest BCUT2D eigenvalue weighted by Gasteiger charge is -2.15. The molecular weight excluding hydrogens is 378 g/mol. The summed E-state index contributed by atoms with van der Waals surface area (Å²) in [5.74, 6) is 0.814. The van der Waals surface area contributed by atoms with Gasteiger partial charge in [-0.15, -0.1) is 0 Å². The van der Waals surface area contributed by atoms with Crippen molar-refractivity contribution in [1.82, 2.24) is 15.2 Å². The van der Waals surface area contributed by atoms with Gasteiger partial charge >= 0.3 is 6.03 Å². The number of likely N-dealkylation sites (tertiary alicyclic amines) is 1. The summed E-state index contributed by atoms with van der Waals surface area (Å²) in [6.45, 7) is 5.84. The summed E-state index contributed by atoms with van der Waals surface area (Å²) in [5.41, 5.74) is 0.963. The number of benzene rings is 1. The number of pyridine rings is 1. The lowest BCUT2D eigenvalue weighted by Crippen LogP contribution is -2.36. The van der Waals surface area contributed by atoms with E-state index in [0.717, 1.165) is 25.6 Å². The van der Waals surface area contributed by atoms with Crippen LogP contribution in [-0.4, -0.2) is 48.0 Å². The molecule has 148 valence electrons. The Labute approximate surface area is 169 Å². The Morgan fingerprint density at radius 3 is 2.82 bits per heavy atom. The number of halogens is 1. The molecule has 1 saturated heterocycles. The van der Waals surface area contributed by atoms with Gasteiger partial charge in [0.05, 0.1) is 5.02 Å². The standard InChI is InChI=1S/C20H24ClN5O2/c1-14-7-9-26(13-14)10-8-22-20(28)24-17-4-2-3-15(11-17)19(27)25-18-6-5-16(21)12-23-18/h2-6,11-12,14H,7-10,13H2,1H3,(H2,22,24,28)(H,23,25,27). The largest absolute Gasteiger partial charge is 0.337 e. The van der Waals surface area contributed by atoms with E-state index in [4.69, 9.17) is 11.6 Å². The highest BCUT2D eigenvalue weighted by Gasteiger charge is 2.18. The van der Waals surface area contributed by atoms with E-state index in [0.29, 0.717) is 28.6 Å². The predicted molar refractivity (Wildman–Crippen MR) is 111 cm³/mol. The van der Waals surface area contributed by atoms with Crippen LogP contribution in [0.25, 0.3) is 0 Å². The van der Waals surface area contributed by atoms with Crippen molar-refractivity contribution in [2.75, 3.05) is 36.8 Å². The maximum atomic E-state index is 12.4. The number of aromatic nitrogens is 1. The second kappa shape index (κ2) is 9.52. The molecule has 1 unspecified atom stereocenters. The number of carbonyl (C=O) groups excluding carboxylic acids is 2. The monoisotopic (exact) mass is 401 g/mol. The van der Waals surface area contributed by atoms with E-state index in [2.05, 4.69) is 32.8 Å². The predicted octanol–water partition coefficient (Wildman–Crippen LogP) is 3.45. The summed E-state index contributed by atoms with van der Waals surface area (Å²) in [4.78, 5) is 30.8. The first-order chi connectivity index (χ1) is 13.5. The number of nitrogens with one attached hydrogen (secondary N) is 3. The molecule has 0 spiro atoms. The van der Waals surface area contributed by atoms with Crippen LogP contribution in [0.15, 0.2) is 42.6 Å². The first kappa shape index (κ1) is 20.1. The maximum Gasteiger partial charge on any atom is 0.319 e. The van der Waals surface area contributed by atoms with Gasteiger partial charge in [0.1, 0.15) is 5.82 Å². The highest BCUT2D eigenvalue weighted by molar-refractivity contribution is 6.30. The smallest absolute Gasteiger partial charge is 0.319 e. The molecule has 3 amide bonds. The lowest BCUT2D eigenvalue weighted by molar-refractivity contribution is 0.102. The molecule has 1 fully saturated rings. The van der Waals surface area contributed by atoms with Gasteiger partial charge in [-0.3, -0.25) is 4.79 Å². The molecule has 28 heavy (non-hydrogen) atoms. The zero-order chi connectivity index (χ0) is 19.9. The molecular formula is C20H24ClN5O2. The lowest BCUT2D eigenvalue weighted by atomic mass is 10.2. The Balaban J connectivity index is 1.48. The SMILES string of the molecule is CC1CCN(CCNC(=O)Nc2cccc(C(=O)Nc3ccc(Cl)cn3)c2)C1. The zero-order valence-electron chi connectivity index (χ0n) is 15.7. The van der Waals surface area contributed by atoms with Gasteiger partial charge < -0.3 is 20.9 Å². The molecule has 1 aromatic carbocycles. The minimum absolute atomic E-state index is 0.288. The van der Waals surface area contributed by atoms with Crippen molar-refractivity contribution >= 4 is 35.0 Å². The van der Waals surface area contributed by atoms with Crippen molar-refractivity contribution in [3.8, 4) is 0 Å². The van der Waals surface area contributed by atoms with E-state index in [1.54, 1.807) is 36.4 Å². The maximum absolute atomic E-state index is 12.4. The number of anilines is 2. The van der Waals surface area contributed by atoms with Crippen LogP contribution < -0.4 is 16.0 Å². The van der Waals surface area contributed by atoms with Crippen molar-refractivity contribution in [3.63, 3.8) is 0 Å². The fraction of sp³-hybridized carbons (Fsp3) is 0.350. The number of carbonyl (C=O) groups is 2. The molecule has 1 atom stereocenters. The summed E-state index contributed by atoms with van der Waals surface area (Å²) < 4.78 is 0. The van der Waals surface area contributed by atoms with Crippen LogP contribution >= 0.6 is 11.6 Å². The summed E-state index contributed by atoms with van der Waals surface area (Å²) in [5, 5.41) is 8.80. The van der Waals surface area contributed by atoms with Gasteiger partial charge in [-0.2, -0.15) is 0 Å². The molecule has 2 aromatic rings. The average Bonchev–Trinajstić information content (AvgIpc) is 3.09. The van der Waals surface area contributed by atoms with E-state index in [1.165, 1.54) is 12.6 Å². The average molecular weight is 402 g/mol. The molecule has 1 aliphatic heterocycles. The molecule has 0 bridgehead atoms. The highest BCUT2D eigenvalue weighted by atomic mass is 35.5. The second-order valence-electron chi connectivity index (χ2n) is 6.97. The van der Waals surface area contributed by atoms with Crippen molar-refractivity contribution in [2.24, 2.45) is 5.92 Å². The minimum atomic E-state index is -0.318. The van der Waals surface area contributed by atoms with Crippen LogP contribution in [-0.2, 0) is 0 Å². The molecule has 1 aromatic heterocycles. The topological polar surface area (TPSA) is 86.4 Å². The fourth-order valence-electron chi connectivity index (χ4n) is 3.11. The molecule has 0 saturated carbocycles. The second-order valence-corrected chi connectivity index (χ2v) is 7.41. The zero-order valence-corrected chi connectivity index (χ0v) is 16.5. The number of nitrogens with zero attached hydrogens (tertiary/aromatic N) is 2. The number of hydrogen-bond donors (Lipinski definition) is 3. The van der Waals surface area contributed by atoms with Gasteiger partial charge in [0.25, 0.3) is 5.91 Å². The quantitative estimate of drug-likeness (QED) is 0.691. The summed E-state index contributed by atoms with van der Waals surface area (Å²) in [6, 6.07) is 9.72. The van der Waals surface area contributed by atoms with E-state index in [1.807, 2.05) is 0 Å². The van der Waals surface area contributed by atoms with Crippen molar-refractivity contribution in [2.45, 2.75) is 13.3 Å². The Bertz CT molecular complexity index is 828. The number of urea groups is 1. The third kappa shape index (κ3) is 5.94. The first-order valence-corrected chi connectivity index (χ1v) is 9.67. The molecule has 8 heteroatoms. The summed E-state index contributed by atoms with van der Waals surface area (Å²) >= 11 is 5.79. The van der Waals surface area contributed by atoms with E-state index < -0.39 is 0 Å². The van der Waals surface area contributed by atoms with Gasteiger partial charge in [-0.05, 0) is 49.2 Å². The minimum Gasteiger partial charge on any atom is -0.337 e. The molecule has 1 aliphatic rings. The van der Waals surface area contributed by atoms with Crippen LogP contribution in [0.5, 0.6) is 0 Å². The third-order valence-electron chi connectivity index (χ3n) is 4.57. The van der Waals surface area contributed by atoms with Crippen LogP contribution in [0.3, 0.4) is 0 Å². The van der Waals surface area contributed by atoms with Gasteiger partial charge in [0, 0.05) is 37.1 Å². The number of rotatable bonds is 6. The molecule has 2 heterocycles. The summed E-state index contributed by atoms with van der Waals surface area (Å²) in [7, 11) is 0. The molecule has 0 radical (unpaired) electrons. The molecule has 7 nitrogen and oxygen atoms in total. The van der Waals surface area contributed by atoms with Crippen LogP contribution in [0.4, 0.5) is 16.3 Å². The summed E-state index contributed by atoms with van der Waals surface area (Å²) in [6.07, 6.45) is 2.68. The molecule has 3 N–H and O–H groups in total. The third-order valence-corrected chi connectivity index (χ3v) is 4.80. The fourth-order valence-corrected chi connectivity index (χ4v) is 3.22. The van der Waals surface area contributed by atoms with Gasteiger partial charge in [-0.1, -0.05) is 24.6 Å². The van der Waals surface area contributed by atoms with E-state index in [-0.39, 0.29) is 11.9 Å². The Kier molecular flexibility index (Phi) is 6.84. The Morgan fingerprint density at radius 1 is 1.25 bits per heavy atom. The number of amides is 3. The van der Waals surface area contributed by atoms with Gasteiger partial charge in [0.2, 0.25) is 0 Å². The number of hydrogen-bond acceptors (Lipinski definition) is 4. The van der Waals surface area contributed by atoms with Gasteiger partial charge in [0.15, 0.2) is 0 Å². The molecule has 0 aliphatic carbocycles. The van der Waals surface area contributed by atoms with Gasteiger partial charge in [-0.25, -0.2) is 9.78 Å². The first-order valence-electron chi connectivity index (χ1n) is 9.30. The van der Waals surface area contributed by atoms with Crippen LogP contribution in [0.1, 0.15) is 23.7 Å². The van der Waals surface area contributed by atoms with Crippen molar-refractivity contribution in [3.05, 3.63) is 53.2 Å². The van der Waals surface area contributed by atoms with Crippen LogP contribution in [0, 0.1) is 5.92 Å².